The van der Waals surface area contributed by atoms with E-state index in [1.807, 2.05) is 63.8 Å². The average Bonchev–Trinajstić information content (AvgIpc) is 4.05. The lowest BCUT2D eigenvalue weighted by molar-refractivity contribution is -0.109. The third-order valence-electron chi connectivity index (χ3n) is 12.9. The molecular weight excluding hydrogens is 961 g/mol. The van der Waals surface area contributed by atoms with Gasteiger partial charge in [-0.3, -0.25) is 4.79 Å². The number of rotatable bonds is 6. The topological polar surface area (TPSA) is 48.9 Å². The van der Waals surface area contributed by atoms with Crippen LogP contribution in [0.3, 0.4) is 0 Å². The van der Waals surface area contributed by atoms with Gasteiger partial charge in [-0.15, -0.1) is 0 Å². The molecule has 0 aliphatic rings. The van der Waals surface area contributed by atoms with E-state index in [9.17, 15) is 4.79 Å². The van der Waals surface area contributed by atoms with E-state index in [2.05, 4.69) is 224 Å². The monoisotopic (exact) mass is 1010 g/mol. The van der Waals surface area contributed by atoms with Crippen molar-refractivity contribution in [3.8, 4) is 17.1 Å². The van der Waals surface area contributed by atoms with Gasteiger partial charge in [-0.1, -0.05) is 165 Å². The van der Waals surface area contributed by atoms with Crippen LogP contribution in [-0.2, 0) is 9.36 Å². The van der Waals surface area contributed by atoms with E-state index >= 15 is 4.57 Å². The van der Waals surface area contributed by atoms with Gasteiger partial charge in [0.2, 0.25) is 0 Å². The largest absolute Gasteiger partial charge is 0.309 e. The van der Waals surface area contributed by atoms with Crippen LogP contribution >= 0.6 is 32.3 Å². The van der Waals surface area contributed by atoms with Crippen LogP contribution in [0.5, 0.6) is 0 Å². The molecule has 1 unspecified atom stereocenters. The fraction of sp³-hybridized carbons (Fsp3) is 0.0161. The predicted molar refractivity (Wildman–Crippen MR) is 303 cm³/mol. The molecule has 3 heterocycles. The number of fused-ring (bicyclic) bond motifs is 9. The minimum atomic E-state index is -3.18. The van der Waals surface area contributed by atoms with Gasteiger partial charge in [-0.2, -0.15) is 0 Å². The molecule has 10 aromatic carbocycles. The number of aromatic nitrogens is 3. The number of para-hydroxylation sites is 6. The Kier molecular flexibility index (Phi) is 12.2. The average molecular weight is 1010 g/mol. The molecule has 8 heteroatoms. The maximum atomic E-state index is 15.4. The molecule has 0 fully saturated rings. The predicted octanol–water partition coefficient (Wildman–Crippen LogP) is 15.5. The standard InChI is InChI=1S/C42H29N2OP.C18H12BrN.C2H5OP/c45-46(32-12-2-1-3-13-32,33-26-22-30(23-27-33)43-39-18-8-4-14-35(39)36-15-5-9-19-40(36)43)34-28-24-31(25-29-34)44-41-20-10-6-16-37(41)38-17-7-11-21-42(38)44;19-13-9-11-14(12-10-13)20-17-7-3-1-5-15(17)16-6-2-4-8-18(16)20;1-2(3)4/h1-29H;1-12H;4H2,1H3. The Morgan fingerprint density at radius 3 is 0.829 bits per heavy atom. The van der Waals surface area contributed by atoms with E-state index in [1.165, 1.54) is 56.0 Å². The number of hydrogen-bond acceptors (Lipinski definition) is 2. The molecule has 5 nitrogen and oxygen atoms in total. The van der Waals surface area contributed by atoms with Crippen molar-refractivity contribution in [2.75, 3.05) is 0 Å². The maximum Gasteiger partial charge on any atom is 0.171 e. The maximum absolute atomic E-state index is 15.4. The Balaban J connectivity index is 0.000000184. The van der Waals surface area contributed by atoms with E-state index < -0.39 is 7.14 Å². The van der Waals surface area contributed by atoms with Crippen LogP contribution in [-0.4, -0.2) is 19.2 Å². The summed E-state index contributed by atoms with van der Waals surface area (Å²) in [5.41, 5.74) is 10.5. The molecule has 0 aliphatic carbocycles. The fourth-order valence-electron chi connectivity index (χ4n) is 9.90. The molecule has 0 bridgehead atoms. The van der Waals surface area contributed by atoms with Gasteiger partial charge in [0.05, 0.1) is 33.1 Å². The van der Waals surface area contributed by atoms with Gasteiger partial charge in [0, 0.05) is 69.8 Å². The first-order chi connectivity index (χ1) is 34.3. The van der Waals surface area contributed by atoms with Crippen molar-refractivity contribution in [3.63, 3.8) is 0 Å². The SMILES string of the molecule is Brc1ccc(-n2c3ccccc3c3ccccc32)cc1.CC(=O)P.O=P(c1ccccc1)(c1ccc(-n2c3ccccc3c3ccccc32)cc1)c1ccc(-n2c3ccccc3c3ccccc32)cc1. The van der Waals surface area contributed by atoms with Crippen LogP contribution in [0.4, 0.5) is 0 Å². The molecule has 0 amide bonds. The van der Waals surface area contributed by atoms with Crippen molar-refractivity contribution in [1.82, 2.24) is 13.7 Å². The molecule has 0 radical (unpaired) electrons. The molecule has 338 valence electrons. The first-order valence-electron chi connectivity index (χ1n) is 23.1. The molecule has 13 aromatic rings. The molecule has 0 saturated heterocycles. The molecule has 13 rings (SSSR count). The molecule has 70 heavy (non-hydrogen) atoms. The smallest absolute Gasteiger partial charge is 0.171 e. The molecular formula is C62H46BrN3O2P2. The Hall–Kier alpha value is -7.59. The van der Waals surface area contributed by atoms with Crippen molar-refractivity contribution in [3.05, 3.63) is 253 Å². The summed E-state index contributed by atoms with van der Waals surface area (Å²) in [5, 5.41) is 9.93. The van der Waals surface area contributed by atoms with Crippen LogP contribution in [0.2, 0.25) is 0 Å². The second-order valence-corrected chi connectivity index (χ2v) is 21.7. The summed E-state index contributed by atoms with van der Waals surface area (Å²) < 4.78 is 23.5. The van der Waals surface area contributed by atoms with Gasteiger partial charge in [-0.05, 0) is 116 Å². The first-order valence-corrected chi connectivity index (χ1v) is 26.2. The van der Waals surface area contributed by atoms with Gasteiger partial charge in [-0.25, -0.2) is 0 Å². The van der Waals surface area contributed by atoms with Crippen LogP contribution < -0.4 is 15.9 Å². The molecule has 0 saturated carbocycles. The number of benzene rings is 10. The number of hydrogen-bond donors (Lipinski definition) is 0. The zero-order valence-electron chi connectivity index (χ0n) is 38.2. The van der Waals surface area contributed by atoms with Crippen molar-refractivity contribution >= 4 is 119 Å². The molecule has 3 aromatic heterocycles. The third kappa shape index (κ3) is 8.08. The minimum absolute atomic E-state index is 0.0833. The molecule has 0 N–H and O–H groups in total. The van der Waals surface area contributed by atoms with Gasteiger partial charge in [0.25, 0.3) is 0 Å². The Morgan fingerprint density at radius 2 is 0.557 bits per heavy atom. The molecule has 0 aliphatic heterocycles. The van der Waals surface area contributed by atoms with Gasteiger partial charge in [0.15, 0.2) is 7.14 Å². The normalized spacial score (nSPS) is 11.5. The Bertz CT molecular complexity index is 3760. The second-order valence-electron chi connectivity index (χ2n) is 17.2. The zero-order chi connectivity index (χ0) is 47.8. The van der Waals surface area contributed by atoms with Crippen LogP contribution in [0.1, 0.15) is 6.92 Å². The summed E-state index contributed by atoms with van der Waals surface area (Å²) in [7, 11) is -1.16. The lowest BCUT2D eigenvalue weighted by Gasteiger charge is -2.21. The lowest BCUT2D eigenvalue weighted by atomic mass is 10.2. The summed E-state index contributed by atoms with van der Waals surface area (Å²) in [4.78, 5) is 9.41. The van der Waals surface area contributed by atoms with E-state index in [1.54, 1.807) is 0 Å². The second kappa shape index (κ2) is 19.1. The van der Waals surface area contributed by atoms with Crippen LogP contribution in [0.15, 0.2) is 253 Å². The lowest BCUT2D eigenvalue weighted by Crippen LogP contribution is -2.25. The van der Waals surface area contributed by atoms with Crippen molar-refractivity contribution in [1.29, 1.82) is 0 Å². The highest BCUT2D eigenvalue weighted by Gasteiger charge is 2.30. The van der Waals surface area contributed by atoms with Gasteiger partial charge >= 0.3 is 0 Å². The third-order valence-corrected chi connectivity index (χ3v) is 16.5. The van der Waals surface area contributed by atoms with Crippen LogP contribution in [0.25, 0.3) is 82.5 Å². The molecule has 1 atom stereocenters. The summed E-state index contributed by atoms with van der Waals surface area (Å²) in [6.45, 7) is 1.49. The number of halogens is 1. The van der Waals surface area contributed by atoms with E-state index in [0.717, 1.165) is 53.8 Å². The van der Waals surface area contributed by atoms with E-state index in [-0.39, 0.29) is 5.52 Å². The first kappa shape index (κ1) is 44.9. The minimum Gasteiger partial charge on any atom is -0.309 e. The van der Waals surface area contributed by atoms with E-state index in [0.29, 0.717) is 0 Å². The Morgan fingerprint density at radius 1 is 0.343 bits per heavy atom. The highest BCUT2D eigenvalue weighted by molar-refractivity contribution is 9.10. The quantitative estimate of drug-likeness (QED) is 0.156. The number of carbonyl (C=O) groups excluding carboxylic acids is 1. The zero-order valence-corrected chi connectivity index (χ0v) is 41.9. The fourth-order valence-corrected chi connectivity index (χ4v) is 12.8. The Labute approximate surface area is 417 Å². The number of carbonyl (C=O) groups is 1. The van der Waals surface area contributed by atoms with Gasteiger partial charge in [0.1, 0.15) is 5.52 Å². The molecule has 0 spiro atoms. The summed E-state index contributed by atoms with van der Waals surface area (Å²) in [6.07, 6.45) is 0. The summed E-state index contributed by atoms with van der Waals surface area (Å²) in [6, 6.07) is 86.1. The summed E-state index contributed by atoms with van der Waals surface area (Å²) >= 11 is 3.50. The van der Waals surface area contributed by atoms with Gasteiger partial charge < -0.3 is 18.3 Å². The highest BCUT2D eigenvalue weighted by atomic mass is 79.9. The van der Waals surface area contributed by atoms with Crippen molar-refractivity contribution < 1.29 is 9.36 Å². The van der Waals surface area contributed by atoms with Crippen LogP contribution in [0, 0.1) is 0 Å². The number of nitrogens with zero attached hydrogens (tertiary/aromatic N) is 3. The summed E-state index contributed by atoms with van der Waals surface area (Å²) in [5.74, 6) is 0. The highest BCUT2D eigenvalue weighted by Crippen LogP contribution is 2.43. The van der Waals surface area contributed by atoms with Crippen molar-refractivity contribution in [2.24, 2.45) is 0 Å². The van der Waals surface area contributed by atoms with Crippen molar-refractivity contribution in [2.45, 2.75) is 6.92 Å². The van der Waals surface area contributed by atoms with E-state index in [4.69, 9.17) is 0 Å².